The number of rotatable bonds is 4. The van der Waals surface area contributed by atoms with Gasteiger partial charge in [-0.25, -0.2) is 0 Å². The van der Waals surface area contributed by atoms with Crippen molar-refractivity contribution in [2.75, 3.05) is 25.1 Å². The molecule has 0 aliphatic carbocycles. The van der Waals surface area contributed by atoms with Crippen LogP contribution in [0.5, 0.6) is 0 Å². The summed E-state index contributed by atoms with van der Waals surface area (Å²) in [6.07, 6.45) is 0. The number of amides is 1. The fourth-order valence-corrected chi connectivity index (χ4v) is 2.70. The summed E-state index contributed by atoms with van der Waals surface area (Å²) in [6.45, 7) is 2.06. The first kappa shape index (κ1) is 14.4. The standard InChI is InChI=1S/C15H19N3OS/c1-10(11-6-7-20-9-11)17-14-8-12(16)4-5-13(14)15(19)18(2)3/h4-10,17H,16H2,1-3H3. The predicted octanol–water partition coefficient (Wildman–Crippen LogP) is 3.21. The van der Waals surface area contributed by atoms with Crippen molar-refractivity contribution in [3.05, 3.63) is 46.2 Å². The first-order chi connectivity index (χ1) is 9.49. The number of nitrogens with two attached hydrogens (primary N) is 1. The minimum absolute atomic E-state index is 0.0370. The van der Waals surface area contributed by atoms with Gasteiger partial charge in [-0.1, -0.05) is 0 Å². The average molecular weight is 289 g/mol. The van der Waals surface area contributed by atoms with Crippen molar-refractivity contribution in [1.82, 2.24) is 4.90 Å². The summed E-state index contributed by atoms with van der Waals surface area (Å²) in [5.41, 5.74) is 9.07. The highest BCUT2D eigenvalue weighted by Gasteiger charge is 2.15. The van der Waals surface area contributed by atoms with Gasteiger partial charge >= 0.3 is 0 Å². The van der Waals surface area contributed by atoms with Crippen molar-refractivity contribution < 1.29 is 4.79 Å². The molecule has 1 aromatic heterocycles. The Morgan fingerprint density at radius 2 is 2.10 bits per heavy atom. The van der Waals surface area contributed by atoms with Gasteiger partial charge in [-0.15, -0.1) is 0 Å². The average Bonchev–Trinajstić information content (AvgIpc) is 2.92. The van der Waals surface area contributed by atoms with E-state index >= 15 is 0 Å². The summed E-state index contributed by atoms with van der Waals surface area (Å²) in [5.74, 6) is -0.0370. The number of benzene rings is 1. The molecule has 0 saturated heterocycles. The van der Waals surface area contributed by atoms with Crippen molar-refractivity contribution in [2.24, 2.45) is 0 Å². The number of nitrogen functional groups attached to an aromatic ring is 1. The summed E-state index contributed by atoms with van der Waals surface area (Å²) in [6, 6.07) is 7.51. The van der Waals surface area contributed by atoms with Crippen LogP contribution in [-0.4, -0.2) is 24.9 Å². The maximum Gasteiger partial charge on any atom is 0.255 e. The van der Waals surface area contributed by atoms with Crippen LogP contribution in [0.1, 0.15) is 28.9 Å². The first-order valence-corrected chi connectivity index (χ1v) is 7.33. The Hall–Kier alpha value is -2.01. The molecule has 1 heterocycles. The molecule has 2 rings (SSSR count). The molecule has 1 amide bonds. The number of nitrogens with one attached hydrogen (secondary N) is 1. The second-order valence-electron chi connectivity index (χ2n) is 4.93. The van der Waals surface area contributed by atoms with E-state index in [1.165, 1.54) is 5.56 Å². The molecule has 4 nitrogen and oxygen atoms in total. The summed E-state index contributed by atoms with van der Waals surface area (Å²) < 4.78 is 0. The number of carbonyl (C=O) groups is 1. The third-order valence-corrected chi connectivity index (χ3v) is 3.80. The second-order valence-corrected chi connectivity index (χ2v) is 5.71. The molecule has 0 bridgehead atoms. The monoisotopic (exact) mass is 289 g/mol. The van der Waals surface area contributed by atoms with Gasteiger partial charge in [0, 0.05) is 31.5 Å². The Labute approximate surface area is 123 Å². The Morgan fingerprint density at radius 3 is 2.70 bits per heavy atom. The highest BCUT2D eigenvalue weighted by Crippen LogP contribution is 2.26. The lowest BCUT2D eigenvalue weighted by Crippen LogP contribution is -2.23. The third-order valence-electron chi connectivity index (χ3n) is 3.10. The number of anilines is 2. The smallest absolute Gasteiger partial charge is 0.255 e. The van der Waals surface area contributed by atoms with Gasteiger partial charge in [-0.3, -0.25) is 4.79 Å². The Bertz CT molecular complexity index is 593. The molecule has 0 fully saturated rings. The van der Waals surface area contributed by atoms with E-state index in [1.807, 2.05) is 5.38 Å². The van der Waals surface area contributed by atoms with E-state index < -0.39 is 0 Å². The zero-order valence-corrected chi connectivity index (χ0v) is 12.7. The molecular formula is C15H19N3OS. The van der Waals surface area contributed by atoms with Crippen LogP contribution in [0.2, 0.25) is 0 Å². The Balaban J connectivity index is 2.30. The van der Waals surface area contributed by atoms with Crippen LogP contribution < -0.4 is 11.1 Å². The van der Waals surface area contributed by atoms with E-state index in [4.69, 9.17) is 5.73 Å². The van der Waals surface area contributed by atoms with Gasteiger partial charge in [0.1, 0.15) is 0 Å². The van der Waals surface area contributed by atoms with Gasteiger partial charge in [-0.2, -0.15) is 11.3 Å². The van der Waals surface area contributed by atoms with E-state index in [0.29, 0.717) is 11.3 Å². The second kappa shape index (κ2) is 5.96. The number of thiophene rings is 1. The minimum atomic E-state index is -0.0370. The van der Waals surface area contributed by atoms with E-state index in [-0.39, 0.29) is 11.9 Å². The van der Waals surface area contributed by atoms with Crippen molar-refractivity contribution in [1.29, 1.82) is 0 Å². The van der Waals surface area contributed by atoms with Gasteiger partial charge in [0.2, 0.25) is 0 Å². The summed E-state index contributed by atoms with van der Waals surface area (Å²) in [5, 5.41) is 7.50. The van der Waals surface area contributed by atoms with Gasteiger partial charge in [0.15, 0.2) is 0 Å². The molecule has 20 heavy (non-hydrogen) atoms. The lowest BCUT2D eigenvalue weighted by atomic mass is 10.1. The Kier molecular flexibility index (Phi) is 4.29. The van der Waals surface area contributed by atoms with Crippen LogP contribution in [0.3, 0.4) is 0 Å². The fourth-order valence-electron chi connectivity index (χ4n) is 1.95. The summed E-state index contributed by atoms with van der Waals surface area (Å²) in [7, 11) is 3.48. The SMILES string of the molecule is CC(Nc1cc(N)ccc1C(=O)N(C)C)c1ccsc1. The maximum absolute atomic E-state index is 12.2. The van der Waals surface area contributed by atoms with Gasteiger partial charge < -0.3 is 16.0 Å². The molecule has 2 aromatic rings. The van der Waals surface area contributed by atoms with Crippen molar-refractivity contribution in [3.63, 3.8) is 0 Å². The minimum Gasteiger partial charge on any atom is -0.399 e. The van der Waals surface area contributed by atoms with Crippen LogP contribution >= 0.6 is 11.3 Å². The highest BCUT2D eigenvalue weighted by atomic mass is 32.1. The lowest BCUT2D eigenvalue weighted by Gasteiger charge is -2.19. The molecule has 0 saturated carbocycles. The van der Waals surface area contributed by atoms with E-state index in [1.54, 1.807) is 48.5 Å². The molecule has 3 N–H and O–H groups in total. The molecule has 106 valence electrons. The van der Waals surface area contributed by atoms with Crippen LogP contribution in [0, 0.1) is 0 Å². The van der Waals surface area contributed by atoms with Gasteiger partial charge in [-0.05, 0) is 47.5 Å². The highest BCUT2D eigenvalue weighted by molar-refractivity contribution is 7.08. The molecule has 1 aromatic carbocycles. The summed E-state index contributed by atoms with van der Waals surface area (Å²) in [4.78, 5) is 13.8. The van der Waals surface area contributed by atoms with Crippen molar-refractivity contribution in [3.8, 4) is 0 Å². The van der Waals surface area contributed by atoms with Crippen LogP contribution in [-0.2, 0) is 0 Å². The summed E-state index contributed by atoms with van der Waals surface area (Å²) >= 11 is 1.66. The predicted molar refractivity (Wildman–Crippen MR) is 85.2 cm³/mol. The molecule has 0 spiro atoms. The van der Waals surface area contributed by atoms with Crippen LogP contribution in [0.25, 0.3) is 0 Å². The normalized spacial score (nSPS) is 11.9. The van der Waals surface area contributed by atoms with Crippen molar-refractivity contribution >= 4 is 28.6 Å². The van der Waals surface area contributed by atoms with Crippen LogP contribution in [0.15, 0.2) is 35.0 Å². The number of carbonyl (C=O) groups excluding carboxylic acids is 1. The van der Waals surface area contributed by atoms with Crippen LogP contribution in [0.4, 0.5) is 11.4 Å². The number of hydrogen-bond donors (Lipinski definition) is 2. The lowest BCUT2D eigenvalue weighted by molar-refractivity contribution is 0.0828. The number of hydrogen-bond acceptors (Lipinski definition) is 4. The number of nitrogens with zero attached hydrogens (tertiary/aromatic N) is 1. The molecular weight excluding hydrogens is 270 g/mol. The topological polar surface area (TPSA) is 58.4 Å². The maximum atomic E-state index is 12.2. The first-order valence-electron chi connectivity index (χ1n) is 6.39. The van der Waals surface area contributed by atoms with E-state index in [9.17, 15) is 4.79 Å². The Morgan fingerprint density at radius 1 is 1.35 bits per heavy atom. The zero-order chi connectivity index (χ0) is 14.7. The molecule has 5 heteroatoms. The van der Waals surface area contributed by atoms with Gasteiger partial charge in [0.05, 0.1) is 5.56 Å². The molecule has 1 atom stereocenters. The van der Waals surface area contributed by atoms with E-state index in [0.717, 1.165) is 5.69 Å². The van der Waals surface area contributed by atoms with E-state index in [2.05, 4.69) is 23.7 Å². The van der Waals surface area contributed by atoms with Gasteiger partial charge in [0.25, 0.3) is 5.91 Å². The van der Waals surface area contributed by atoms with Crippen molar-refractivity contribution in [2.45, 2.75) is 13.0 Å². The molecule has 0 radical (unpaired) electrons. The largest absolute Gasteiger partial charge is 0.399 e. The molecule has 0 aliphatic rings. The molecule has 0 aliphatic heterocycles. The quantitative estimate of drug-likeness (QED) is 0.850. The molecule has 1 unspecified atom stereocenters. The fraction of sp³-hybridized carbons (Fsp3) is 0.267. The third kappa shape index (κ3) is 3.11. The zero-order valence-electron chi connectivity index (χ0n) is 11.9.